The third-order valence-corrected chi connectivity index (χ3v) is 4.66. The Balaban J connectivity index is 2.04. The van der Waals surface area contributed by atoms with Gasteiger partial charge in [0.2, 0.25) is 11.1 Å². The topological polar surface area (TPSA) is 85.8 Å². The van der Waals surface area contributed by atoms with Gasteiger partial charge in [-0.3, -0.25) is 4.79 Å². The van der Waals surface area contributed by atoms with Crippen LogP contribution in [0.2, 0.25) is 5.02 Å². The number of hydrogen-bond donors (Lipinski definition) is 2. The molecule has 6 nitrogen and oxygen atoms in total. The smallest absolute Gasteiger partial charge is 0.336 e. The highest BCUT2D eigenvalue weighted by Crippen LogP contribution is 2.38. The Morgan fingerprint density at radius 2 is 2.12 bits per heavy atom. The molecule has 0 radical (unpaired) electrons. The molecule has 0 aliphatic heterocycles. The van der Waals surface area contributed by atoms with E-state index < -0.39 is 23.3 Å². The maximum atomic E-state index is 13.0. The molecule has 0 saturated heterocycles. The van der Waals surface area contributed by atoms with Gasteiger partial charge in [-0.15, -0.1) is 10.2 Å². The summed E-state index contributed by atoms with van der Waals surface area (Å²) in [6, 6.07) is 3.30. The van der Waals surface area contributed by atoms with Crippen molar-refractivity contribution in [1.82, 2.24) is 14.9 Å². The molecule has 0 bridgehead atoms. The summed E-state index contributed by atoms with van der Waals surface area (Å²) in [6.07, 6.45) is -2.11. The molecule has 1 heterocycles. The average molecular weight is 408 g/mol. The van der Waals surface area contributed by atoms with Crippen LogP contribution < -0.4 is 11.2 Å². The molecular weight excluding hydrogens is 391 g/mol. The number of benzene rings is 1. The van der Waals surface area contributed by atoms with Crippen LogP contribution >= 0.6 is 23.4 Å². The number of para-hydroxylation sites is 1. The first-order valence-corrected chi connectivity index (χ1v) is 9.08. The van der Waals surface area contributed by atoms with E-state index in [-0.39, 0.29) is 10.8 Å². The molecular formula is C15H17ClF3N5OS. The minimum absolute atomic E-state index is 0.189. The lowest BCUT2D eigenvalue weighted by molar-refractivity contribution is -0.137. The van der Waals surface area contributed by atoms with Gasteiger partial charge >= 0.3 is 6.18 Å². The Morgan fingerprint density at radius 1 is 1.38 bits per heavy atom. The van der Waals surface area contributed by atoms with Crippen molar-refractivity contribution in [2.45, 2.75) is 37.5 Å². The molecule has 1 aromatic carbocycles. The van der Waals surface area contributed by atoms with Crippen LogP contribution in [0.1, 0.15) is 31.2 Å². The zero-order chi connectivity index (χ0) is 19.3. The molecule has 2 aromatic rings. The lowest BCUT2D eigenvalue weighted by atomic mass is 10.1. The number of nitrogen functional groups attached to an aromatic ring is 1. The summed E-state index contributed by atoms with van der Waals surface area (Å²) >= 11 is 6.78. The Hall–Kier alpha value is -1.94. The highest BCUT2D eigenvalue weighted by Gasteiger charge is 2.34. The fourth-order valence-electron chi connectivity index (χ4n) is 2.10. The van der Waals surface area contributed by atoms with Gasteiger partial charge in [-0.1, -0.05) is 42.8 Å². The Bertz CT molecular complexity index is 781. The van der Waals surface area contributed by atoms with Gasteiger partial charge in [0.05, 0.1) is 22.0 Å². The van der Waals surface area contributed by atoms with E-state index in [0.29, 0.717) is 17.4 Å². The molecule has 0 saturated carbocycles. The number of hydrogen-bond acceptors (Lipinski definition) is 5. The van der Waals surface area contributed by atoms with E-state index in [1.807, 2.05) is 6.92 Å². The number of anilines is 1. The molecule has 0 aliphatic rings. The number of thioether (sulfide) groups is 1. The number of nitrogens with zero attached hydrogens (tertiary/aromatic N) is 3. The average Bonchev–Trinajstić information content (AvgIpc) is 2.92. The van der Waals surface area contributed by atoms with Crippen LogP contribution in [0.25, 0.3) is 0 Å². The maximum Gasteiger partial charge on any atom is 0.418 e. The second-order valence-corrected chi connectivity index (χ2v) is 6.72. The van der Waals surface area contributed by atoms with E-state index >= 15 is 0 Å². The summed E-state index contributed by atoms with van der Waals surface area (Å²) in [7, 11) is 0. The van der Waals surface area contributed by atoms with E-state index in [1.54, 1.807) is 0 Å². The highest BCUT2D eigenvalue weighted by atomic mass is 35.5. The maximum absolute atomic E-state index is 13.0. The molecule has 1 aromatic heterocycles. The summed E-state index contributed by atoms with van der Waals surface area (Å²) in [4.78, 5) is 12.1. The number of unbranched alkanes of at least 4 members (excludes halogenated alkanes) is 1. The van der Waals surface area contributed by atoms with Crippen molar-refractivity contribution in [1.29, 1.82) is 0 Å². The number of aryl methyl sites for hydroxylation is 1. The third-order valence-electron chi connectivity index (χ3n) is 3.40. The Labute approximate surface area is 157 Å². The van der Waals surface area contributed by atoms with Crippen molar-refractivity contribution in [3.63, 3.8) is 0 Å². The largest absolute Gasteiger partial charge is 0.418 e. The first-order chi connectivity index (χ1) is 12.2. The molecule has 0 fully saturated rings. The monoisotopic (exact) mass is 407 g/mol. The van der Waals surface area contributed by atoms with Crippen molar-refractivity contribution in [3.05, 3.63) is 34.6 Å². The predicted octanol–water partition coefficient (Wildman–Crippen LogP) is 3.74. The predicted molar refractivity (Wildman–Crippen MR) is 94.6 cm³/mol. The quantitative estimate of drug-likeness (QED) is 0.539. The zero-order valence-corrected chi connectivity index (χ0v) is 15.4. The van der Waals surface area contributed by atoms with Gasteiger partial charge in [0.1, 0.15) is 0 Å². The van der Waals surface area contributed by atoms with Gasteiger partial charge < -0.3 is 11.2 Å². The number of nitrogens with one attached hydrogen (secondary N) is 1. The summed E-state index contributed by atoms with van der Waals surface area (Å²) < 4.78 is 40.4. The molecule has 1 amide bonds. The van der Waals surface area contributed by atoms with E-state index in [4.69, 9.17) is 17.4 Å². The van der Waals surface area contributed by atoms with Crippen LogP contribution in [-0.4, -0.2) is 26.5 Å². The number of nitrogens with two attached hydrogens (primary N) is 1. The van der Waals surface area contributed by atoms with Crippen molar-refractivity contribution < 1.29 is 18.0 Å². The van der Waals surface area contributed by atoms with Crippen molar-refractivity contribution in [3.8, 4) is 0 Å². The van der Waals surface area contributed by atoms with E-state index in [0.717, 1.165) is 30.7 Å². The molecule has 26 heavy (non-hydrogen) atoms. The van der Waals surface area contributed by atoms with Crippen LogP contribution in [0.15, 0.2) is 23.4 Å². The number of rotatable bonds is 7. The number of carbonyl (C=O) groups excluding carboxylic acids is 1. The fraction of sp³-hybridized carbons (Fsp3) is 0.400. The van der Waals surface area contributed by atoms with Crippen molar-refractivity contribution in [2.75, 3.05) is 16.9 Å². The molecule has 142 valence electrons. The van der Waals surface area contributed by atoms with Gasteiger partial charge in [0.15, 0.2) is 5.82 Å². The van der Waals surface area contributed by atoms with Crippen LogP contribution in [0, 0.1) is 0 Å². The SMILES string of the molecule is CCCCc1nnc(SCC(=O)Nc2c(Cl)cccc2C(F)(F)F)n1N. The van der Waals surface area contributed by atoms with Crippen LogP contribution in [0.5, 0.6) is 0 Å². The second kappa shape index (κ2) is 8.63. The molecule has 2 rings (SSSR count). The Kier molecular flexibility index (Phi) is 6.76. The first-order valence-electron chi connectivity index (χ1n) is 7.71. The minimum atomic E-state index is -4.63. The first kappa shape index (κ1) is 20.4. The molecule has 0 spiro atoms. The zero-order valence-electron chi connectivity index (χ0n) is 13.8. The lowest BCUT2D eigenvalue weighted by Gasteiger charge is -2.15. The minimum Gasteiger partial charge on any atom is -0.336 e. The van der Waals surface area contributed by atoms with E-state index in [9.17, 15) is 18.0 Å². The van der Waals surface area contributed by atoms with Gasteiger partial charge in [-0.25, -0.2) is 4.68 Å². The normalized spacial score (nSPS) is 11.6. The number of halogens is 4. The van der Waals surface area contributed by atoms with Crippen molar-refractivity contribution >= 4 is 35.0 Å². The molecule has 11 heteroatoms. The van der Waals surface area contributed by atoms with E-state index in [2.05, 4.69) is 15.5 Å². The molecule has 0 aliphatic carbocycles. The van der Waals surface area contributed by atoms with Crippen molar-refractivity contribution in [2.24, 2.45) is 0 Å². The van der Waals surface area contributed by atoms with Gasteiger partial charge in [0.25, 0.3) is 0 Å². The van der Waals surface area contributed by atoms with Gasteiger partial charge in [-0.05, 0) is 18.6 Å². The molecule has 0 unspecified atom stereocenters. The number of alkyl halides is 3. The lowest BCUT2D eigenvalue weighted by Crippen LogP contribution is -2.19. The second-order valence-electron chi connectivity index (χ2n) is 5.37. The highest BCUT2D eigenvalue weighted by molar-refractivity contribution is 7.99. The number of amides is 1. The van der Waals surface area contributed by atoms with E-state index in [1.165, 1.54) is 16.8 Å². The van der Waals surface area contributed by atoms with Crippen LogP contribution in [0.4, 0.5) is 18.9 Å². The summed E-state index contributed by atoms with van der Waals surface area (Å²) in [6.45, 7) is 2.03. The Morgan fingerprint density at radius 3 is 2.77 bits per heavy atom. The molecule has 3 N–H and O–H groups in total. The fourth-order valence-corrected chi connectivity index (χ4v) is 3.00. The van der Waals surface area contributed by atoms with Gasteiger partial charge in [-0.2, -0.15) is 13.2 Å². The third kappa shape index (κ3) is 5.04. The number of carbonyl (C=O) groups is 1. The molecule has 0 atom stereocenters. The van der Waals surface area contributed by atoms with Crippen LogP contribution in [0.3, 0.4) is 0 Å². The van der Waals surface area contributed by atoms with Crippen LogP contribution in [-0.2, 0) is 17.4 Å². The number of aromatic nitrogens is 3. The summed E-state index contributed by atoms with van der Waals surface area (Å²) in [5.74, 6) is 5.59. The summed E-state index contributed by atoms with van der Waals surface area (Å²) in [5.41, 5.74) is -1.47. The summed E-state index contributed by atoms with van der Waals surface area (Å²) in [5, 5.41) is 10.1. The van der Waals surface area contributed by atoms with Gasteiger partial charge in [0, 0.05) is 6.42 Å². The standard InChI is InChI=1S/C15H17ClF3N5OS/c1-2-3-7-11-22-23-14(24(11)20)26-8-12(25)21-13-9(15(17,18)19)5-4-6-10(13)16/h4-6H,2-3,7-8,20H2,1H3,(H,21,25).